The SMILES string of the molecule is COC(=O)c1ccc(Cn2cc(CCN)c3cc(-c4cccc5c4oc4ccccc45)ccc32)cc1. The first kappa shape index (κ1) is 22.1. The summed E-state index contributed by atoms with van der Waals surface area (Å²) in [6.07, 6.45) is 2.99. The highest BCUT2D eigenvalue weighted by molar-refractivity contribution is 6.10. The van der Waals surface area contributed by atoms with Gasteiger partial charge in [0.25, 0.3) is 0 Å². The lowest BCUT2D eigenvalue weighted by Crippen LogP contribution is -2.03. The summed E-state index contributed by atoms with van der Waals surface area (Å²) in [5.41, 5.74) is 14.0. The number of aromatic nitrogens is 1. The van der Waals surface area contributed by atoms with E-state index in [0.717, 1.165) is 50.6 Å². The molecule has 0 saturated carbocycles. The molecular weight excluding hydrogens is 448 g/mol. The zero-order valence-corrected chi connectivity index (χ0v) is 20.0. The van der Waals surface area contributed by atoms with E-state index in [1.807, 2.05) is 30.3 Å². The number of nitrogens with zero attached hydrogens (tertiary/aromatic N) is 1. The third kappa shape index (κ3) is 3.74. The molecule has 6 rings (SSSR count). The molecule has 36 heavy (non-hydrogen) atoms. The molecule has 0 bridgehead atoms. The van der Waals surface area contributed by atoms with Crippen molar-refractivity contribution in [2.75, 3.05) is 13.7 Å². The Balaban J connectivity index is 1.43. The van der Waals surface area contributed by atoms with Gasteiger partial charge in [0, 0.05) is 40.0 Å². The number of rotatable bonds is 6. The first-order chi connectivity index (χ1) is 17.7. The van der Waals surface area contributed by atoms with Gasteiger partial charge in [0.15, 0.2) is 0 Å². The third-order valence-corrected chi connectivity index (χ3v) is 6.82. The maximum absolute atomic E-state index is 11.8. The lowest BCUT2D eigenvalue weighted by atomic mass is 9.99. The van der Waals surface area contributed by atoms with Crippen LogP contribution in [-0.2, 0) is 17.7 Å². The molecule has 0 amide bonds. The normalized spacial score (nSPS) is 11.5. The van der Waals surface area contributed by atoms with E-state index >= 15 is 0 Å². The second-order valence-electron chi connectivity index (χ2n) is 9.02. The lowest BCUT2D eigenvalue weighted by Gasteiger charge is -2.08. The third-order valence-electron chi connectivity index (χ3n) is 6.82. The van der Waals surface area contributed by atoms with E-state index in [2.05, 4.69) is 53.2 Å². The van der Waals surface area contributed by atoms with Crippen molar-refractivity contribution in [1.29, 1.82) is 0 Å². The van der Waals surface area contributed by atoms with E-state index in [1.165, 1.54) is 18.1 Å². The van der Waals surface area contributed by atoms with Crippen molar-refractivity contribution in [3.63, 3.8) is 0 Å². The van der Waals surface area contributed by atoms with Gasteiger partial charge in [-0.3, -0.25) is 0 Å². The van der Waals surface area contributed by atoms with Gasteiger partial charge in [-0.1, -0.05) is 54.6 Å². The molecule has 178 valence electrons. The van der Waals surface area contributed by atoms with Gasteiger partial charge in [0.1, 0.15) is 11.2 Å². The van der Waals surface area contributed by atoms with E-state index in [0.29, 0.717) is 18.7 Å². The number of fused-ring (bicyclic) bond motifs is 4. The first-order valence-corrected chi connectivity index (χ1v) is 12.1. The highest BCUT2D eigenvalue weighted by atomic mass is 16.5. The minimum absolute atomic E-state index is 0.329. The maximum atomic E-state index is 11.8. The summed E-state index contributed by atoms with van der Waals surface area (Å²) >= 11 is 0. The Morgan fingerprint density at radius 1 is 0.917 bits per heavy atom. The number of carbonyl (C=O) groups excluding carboxylic acids is 1. The van der Waals surface area contributed by atoms with Gasteiger partial charge in [-0.25, -0.2) is 4.79 Å². The number of methoxy groups -OCH3 is 1. The van der Waals surface area contributed by atoms with Gasteiger partial charge in [-0.2, -0.15) is 0 Å². The summed E-state index contributed by atoms with van der Waals surface area (Å²) in [6.45, 7) is 1.28. The van der Waals surface area contributed by atoms with Crippen molar-refractivity contribution in [3.8, 4) is 11.1 Å². The average Bonchev–Trinajstić information content (AvgIpc) is 3.46. The van der Waals surface area contributed by atoms with E-state index < -0.39 is 0 Å². The maximum Gasteiger partial charge on any atom is 0.337 e. The molecule has 0 aliphatic rings. The van der Waals surface area contributed by atoms with Gasteiger partial charge in [0.05, 0.1) is 12.7 Å². The van der Waals surface area contributed by atoms with Crippen LogP contribution < -0.4 is 5.73 Å². The Morgan fingerprint density at radius 3 is 2.53 bits per heavy atom. The second kappa shape index (κ2) is 9.02. The topological polar surface area (TPSA) is 70.4 Å². The highest BCUT2D eigenvalue weighted by Crippen LogP contribution is 2.37. The number of carbonyl (C=O) groups is 1. The highest BCUT2D eigenvalue weighted by Gasteiger charge is 2.15. The Hall–Kier alpha value is -4.35. The molecule has 0 aliphatic carbocycles. The average molecular weight is 475 g/mol. The molecule has 4 aromatic carbocycles. The molecule has 2 heterocycles. The summed E-state index contributed by atoms with van der Waals surface area (Å²) in [7, 11) is 1.39. The van der Waals surface area contributed by atoms with Crippen molar-refractivity contribution in [3.05, 3.63) is 108 Å². The molecule has 0 saturated heterocycles. The molecule has 0 fully saturated rings. The van der Waals surface area contributed by atoms with Crippen LogP contribution in [0.1, 0.15) is 21.5 Å². The monoisotopic (exact) mass is 474 g/mol. The minimum Gasteiger partial charge on any atom is -0.465 e. The molecule has 5 heteroatoms. The molecule has 0 aliphatic heterocycles. The first-order valence-electron chi connectivity index (χ1n) is 12.1. The Bertz CT molecular complexity index is 1720. The zero-order valence-electron chi connectivity index (χ0n) is 20.0. The molecule has 0 atom stereocenters. The predicted molar refractivity (Wildman–Crippen MR) is 144 cm³/mol. The standard InChI is InChI=1S/C31H26N2O3/c1-35-31(34)21-11-9-20(10-12-21)18-33-19-23(15-16-32)27-17-22(13-14-28(27)33)24-6-4-7-26-25-5-2-3-8-29(25)36-30(24)26/h2-14,17,19H,15-16,18,32H2,1H3. The molecule has 6 aromatic rings. The van der Waals surface area contributed by atoms with Crippen LogP contribution >= 0.6 is 0 Å². The smallest absolute Gasteiger partial charge is 0.337 e. The van der Waals surface area contributed by atoms with Crippen molar-refractivity contribution in [2.45, 2.75) is 13.0 Å². The molecule has 2 N–H and O–H groups in total. The van der Waals surface area contributed by atoms with Crippen LogP contribution in [0.4, 0.5) is 0 Å². The van der Waals surface area contributed by atoms with Crippen molar-refractivity contribution in [1.82, 2.24) is 4.57 Å². The van der Waals surface area contributed by atoms with Crippen LogP contribution in [-0.4, -0.2) is 24.2 Å². The number of hydrogen-bond donors (Lipinski definition) is 1. The molecular formula is C31H26N2O3. The van der Waals surface area contributed by atoms with Crippen molar-refractivity contribution in [2.24, 2.45) is 5.73 Å². The fourth-order valence-electron chi connectivity index (χ4n) is 5.06. The number of para-hydroxylation sites is 2. The van der Waals surface area contributed by atoms with Crippen LogP contribution in [0.3, 0.4) is 0 Å². The minimum atomic E-state index is -0.329. The van der Waals surface area contributed by atoms with E-state index in [-0.39, 0.29) is 5.97 Å². The quantitative estimate of drug-likeness (QED) is 0.278. The number of hydrogen-bond acceptors (Lipinski definition) is 4. The summed E-state index contributed by atoms with van der Waals surface area (Å²) in [4.78, 5) is 11.8. The van der Waals surface area contributed by atoms with Gasteiger partial charge in [-0.05, 0) is 60.0 Å². The van der Waals surface area contributed by atoms with Crippen LogP contribution in [0.25, 0.3) is 44.0 Å². The van der Waals surface area contributed by atoms with Crippen LogP contribution in [0.15, 0.2) is 95.5 Å². The van der Waals surface area contributed by atoms with Gasteiger partial charge >= 0.3 is 5.97 Å². The lowest BCUT2D eigenvalue weighted by molar-refractivity contribution is 0.0600. The van der Waals surface area contributed by atoms with Gasteiger partial charge in [0.2, 0.25) is 0 Å². The molecule has 2 aromatic heterocycles. The number of ether oxygens (including phenoxy) is 1. The Morgan fingerprint density at radius 2 is 1.72 bits per heavy atom. The Labute approximate surface area is 208 Å². The Kier molecular flexibility index (Phi) is 5.55. The number of furan rings is 1. The fraction of sp³-hybridized carbons (Fsp3) is 0.129. The zero-order chi connectivity index (χ0) is 24.6. The van der Waals surface area contributed by atoms with Crippen molar-refractivity contribution < 1.29 is 13.9 Å². The van der Waals surface area contributed by atoms with E-state index in [9.17, 15) is 4.79 Å². The summed E-state index contributed by atoms with van der Waals surface area (Å²) in [6, 6.07) is 28.6. The molecule has 0 unspecified atom stereocenters. The van der Waals surface area contributed by atoms with Crippen LogP contribution in [0.2, 0.25) is 0 Å². The van der Waals surface area contributed by atoms with Gasteiger partial charge in [-0.15, -0.1) is 0 Å². The fourth-order valence-corrected chi connectivity index (χ4v) is 5.06. The van der Waals surface area contributed by atoms with Crippen LogP contribution in [0, 0.1) is 0 Å². The van der Waals surface area contributed by atoms with Crippen LogP contribution in [0.5, 0.6) is 0 Å². The number of benzene rings is 4. The largest absolute Gasteiger partial charge is 0.465 e. The van der Waals surface area contributed by atoms with Crippen molar-refractivity contribution >= 4 is 38.8 Å². The molecule has 5 nitrogen and oxygen atoms in total. The summed E-state index contributed by atoms with van der Waals surface area (Å²) in [5.74, 6) is -0.329. The molecule has 0 radical (unpaired) electrons. The summed E-state index contributed by atoms with van der Waals surface area (Å²) < 4.78 is 13.3. The van der Waals surface area contributed by atoms with E-state index in [4.69, 9.17) is 14.9 Å². The summed E-state index contributed by atoms with van der Waals surface area (Å²) in [5, 5.41) is 3.44. The number of esters is 1. The second-order valence-corrected chi connectivity index (χ2v) is 9.02. The number of nitrogens with two attached hydrogens (primary N) is 1. The van der Waals surface area contributed by atoms with Gasteiger partial charge < -0.3 is 19.5 Å². The molecule has 0 spiro atoms. The van der Waals surface area contributed by atoms with E-state index in [1.54, 1.807) is 12.1 Å². The predicted octanol–water partition coefficient (Wildman–Crippen LogP) is 6.54.